The summed E-state index contributed by atoms with van der Waals surface area (Å²) < 4.78 is 98.5. The van der Waals surface area contributed by atoms with Crippen LogP contribution in [0.4, 0.5) is 41.2 Å². The summed E-state index contributed by atoms with van der Waals surface area (Å²) in [4.78, 5) is 40.1. The number of anilines is 1. The molecule has 0 spiro atoms. The monoisotopic (exact) mass is 603 g/mol. The fourth-order valence-electron chi connectivity index (χ4n) is 4.11. The summed E-state index contributed by atoms with van der Waals surface area (Å²) in [6.45, 7) is 4.68. The molecule has 1 fully saturated rings. The molecule has 0 aromatic heterocycles. The van der Waals surface area contributed by atoms with Crippen LogP contribution in [0.3, 0.4) is 0 Å². The van der Waals surface area contributed by atoms with Crippen molar-refractivity contribution in [2.24, 2.45) is 0 Å². The average molecular weight is 604 g/mol. The van der Waals surface area contributed by atoms with Crippen LogP contribution in [0.2, 0.25) is 0 Å². The predicted octanol–water partition coefficient (Wildman–Crippen LogP) is 6.40. The third-order valence-electron chi connectivity index (χ3n) is 6.21. The molecule has 0 unspecified atom stereocenters. The number of carbonyl (C=O) groups is 3. The maximum absolute atomic E-state index is 13.5. The lowest BCUT2D eigenvalue weighted by Crippen LogP contribution is -2.62. The van der Waals surface area contributed by atoms with Gasteiger partial charge in [-0.15, -0.1) is 0 Å². The second-order valence-corrected chi connectivity index (χ2v) is 10.7. The fraction of sp³-hybridized carbons (Fsp3) is 0.393. The molecule has 2 N–H and O–H groups in total. The summed E-state index contributed by atoms with van der Waals surface area (Å²) in [6.07, 6.45) is -9.11. The van der Waals surface area contributed by atoms with Gasteiger partial charge in [0, 0.05) is 24.9 Å². The van der Waals surface area contributed by atoms with Crippen LogP contribution in [0.15, 0.2) is 48.5 Å². The molecule has 0 radical (unpaired) electrons. The molecule has 1 aliphatic rings. The number of rotatable bonds is 5. The van der Waals surface area contributed by atoms with E-state index in [0.29, 0.717) is 17.7 Å². The summed E-state index contributed by atoms with van der Waals surface area (Å²) >= 11 is 0. The highest BCUT2D eigenvalue weighted by molar-refractivity contribution is 6.03. The van der Waals surface area contributed by atoms with Crippen LogP contribution >= 0.6 is 0 Å². The topological polar surface area (TPSA) is 87.7 Å². The number of nitrogens with zero attached hydrogens (tertiary/aromatic N) is 1. The van der Waals surface area contributed by atoms with E-state index in [0.717, 1.165) is 18.2 Å². The van der Waals surface area contributed by atoms with Gasteiger partial charge in [-0.2, -0.15) is 26.3 Å². The van der Waals surface area contributed by atoms with Crippen LogP contribution in [0.5, 0.6) is 0 Å². The van der Waals surface area contributed by atoms with Crippen molar-refractivity contribution in [3.8, 4) is 0 Å². The molecular formula is C28H28F7N3O4. The first-order valence-electron chi connectivity index (χ1n) is 12.6. The average Bonchev–Trinajstić information content (AvgIpc) is 2.86. The van der Waals surface area contributed by atoms with Gasteiger partial charge in [-0.1, -0.05) is 12.1 Å². The van der Waals surface area contributed by atoms with E-state index in [9.17, 15) is 45.1 Å². The molecule has 2 aromatic rings. The summed E-state index contributed by atoms with van der Waals surface area (Å²) in [6, 6.07) is 5.71. The SMILES string of the molecule is CC(C)(C)OC(=O)N1CCC(NC(=O)/C=C/c2ccc(F)cc2)(C(=O)Nc2cc(C(F)(F)F)cc(C(F)(F)F)c2)CC1. The van der Waals surface area contributed by atoms with E-state index in [2.05, 4.69) is 10.6 Å². The number of ether oxygens (including phenoxy) is 1. The highest BCUT2D eigenvalue weighted by Crippen LogP contribution is 2.38. The van der Waals surface area contributed by atoms with Crippen molar-refractivity contribution in [2.75, 3.05) is 18.4 Å². The number of alkyl halides is 6. The first-order valence-corrected chi connectivity index (χ1v) is 12.6. The minimum absolute atomic E-state index is 0.0766. The molecule has 3 rings (SSSR count). The Bertz CT molecular complexity index is 1310. The zero-order chi connectivity index (χ0) is 31.5. The van der Waals surface area contributed by atoms with Gasteiger partial charge in [-0.05, 0) is 75.6 Å². The van der Waals surface area contributed by atoms with Gasteiger partial charge in [0.1, 0.15) is 17.0 Å². The lowest BCUT2D eigenvalue weighted by Gasteiger charge is -2.41. The number of carbonyl (C=O) groups excluding carboxylic acids is 3. The molecule has 228 valence electrons. The summed E-state index contributed by atoms with van der Waals surface area (Å²) in [5.41, 5.74) is -6.27. The van der Waals surface area contributed by atoms with Gasteiger partial charge in [0.15, 0.2) is 0 Å². The van der Waals surface area contributed by atoms with Gasteiger partial charge in [-0.25, -0.2) is 9.18 Å². The predicted molar refractivity (Wildman–Crippen MR) is 138 cm³/mol. The Kier molecular flexibility index (Phi) is 9.28. The Morgan fingerprint density at radius 3 is 1.88 bits per heavy atom. The second kappa shape index (κ2) is 12.0. The number of hydrogen-bond acceptors (Lipinski definition) is 4. The van der Waals surface area contributed by atoms with Crippen molar-refractivity contribution in [3.05, 3.63) is 71.0 Å². The van der Waals surface area contributed by atoms with E-state index in [1.54, 1.807) is 20.8 Å². The number of amides is 3. The number of piperidine rings is 1. The molecule has 2 aromatic carbocycles. The van der Waals surface area contributed by atoms with Crippen LogP contribution in [-0.2, 0) is 26.7 Å². The zero-order valence-electron chi connectivity index (χ0n) is 22.8. The molecule has 0 aliphatic carbocycles. The van der Waals surface area contributed by atoms with Crippen molar-refractivity contribution in [3.63, 3.8) is 0 Å². The van der Waals surface area contributed by atoms with E-state index < -0.39 is 64.0 Å². The van der Waals surface area contributed by atoms with Crippen LogP contribution in [0.25, 0.3) is 6.08 Å². The van der Waals surface area contributed by atoms with Crippen LogP contribution in [-0.4, -0.2) is 47.0 Å². The Morgan fingerprint density at radius 1 is 0.881 bits per heavy atom. The van der Waals surface area contributed by atoms with Crippen LogP contribution < -0.4 is 10.6 Å². The van der Waals surface area contributed by atoms with Gasteiger partial charge >= 0.3 is 18.4 Å². The van der Waals surface area contributed by atoms with Gasteiger partial charge < -0.3 is 20.3 Å². The molecule has 1 saturated heterocycles. The van der Waals surface area contributed by atoms with Gasteiger partial charge in [0.25, 0.3) is 0 Å². The molecule has 1 heterocycles. The lowest BCUT2D eigenvalue weighted by molar-refractivity contribution is -0.143. The first kappa shape index (κ1) is 32.4. The molecule has 0 bridgehead atoms. The van der Waals surface area contributed by atoms with E-state index >= 15 is 0 Å². The Labute approximate surface area is 236 Å². The highest BCUT2D eigenvalue weighted by Gasteiger charge is 2.45. The maximum atomic E-state index is 13.5. The van der Waals surface area contributed by atoms with Gasteiger partial charge in [0.2, 0.25) is 11.8 Å². The molecule has 0 atom stereocenters. The lowest BCUT2D eigenvalue weighted by atomic mass is 9.86. The number of halogens is 7. The van der Waals surface area contributed by atoms with Gasteiger partial charge in [0.05, 0.1) is 11.1 Å². The third kappa shape index (κ3) is 8.70. The standard InChI is InChI=1S/C28H28F7N3O4/c1-25(2,3)42-24(41)38-12-10-26(11-13-38,37-22(39)9-6-17-4-7-20(29)8-5-17)23(40)36-21-15-18(27(30,31)32)14-19(16-21)28(33,34)35/h4-9,14-16H,10-13H2,1-3H3,(H,36,40)(H,37,39)/b9-6+. The summed E-state index contributed by atoms with van der Waals surface area (Å²) in [7, 11) is 0. The minimum Gasteiger partial charge on any atom is -0.444 e. The Hall–Kier alpha value is -4.10. The molecule has 0 saturated carbocycles. The smallest absolute Gasteiger partial charge is 0.416 e. The quantitative estimate of drug-likeness (QED) is 0.306. The van der Waals surface area contributed by atoms with E-state index in [1.807, 2.05) is 0 Å². The van der Waals surface area contributed by atoms with Crippen LogP contribution in [0, 0.1) is 5.82 Å². The molecular weight excluding hydrogens is 575 g/mol. The molecule has 3 amide bonds. The fourth-order valence-corrected chi connectivity index (χ4v) is 4.11. The van der Waals surface area contributed by atoms with Crippen molar-refractivity contribution in [1.82, 2.24) is 10.2 Å². The van der Waals surface area contributed by atoms with Crippen molar-refractivity contribution in [2.45, 2.75) is 57.1 Å². The maximum Gasteiger partial charge on any atom is 0.416 e. The van der Waals surface area contributed by atoms with E-state index in [1.165, 1.54) is 23.1 Å². The number of likely N-dealkylation sites (tertiary alicyclic amines) is 1. The van der Waals surface area contributed by atoms with Gasteiger partial charge in [-0.3, -0.25) is 9.59 Å². The van der Waals surface area contributed by atoms with Crippen molar-refractivity contribution >= 4 is 29.7 Å². The summed E-state index contributed by atoms with van der Waals surface area (Å²) in [5.74, 6) is -2.41. The van der Waals surface area contributed by atoms with Crippen molar-refractivity contribution < 1.29 is 49.9 Å². The summed E-state index contributed by atoms with van der Waals surface area (Å²) in [5, 5.41) is 4.59. The molecule has 7 nitrogen and oxygen atoms in total. The Balaban J connectivity index is 1.90. The first-order chi connectivity index (χ1) is 19.3. The van der Waals surface area contributed by atoms with Crippen LogP contribution in [0.1, 0.15) is 50.3 Å². The molecule has 14 heteroatoms. The van der Waals surface area contributed by atoms with E-state index in [4.69, 9.17) is 4.74 Å². The third-order valence-corrected chi connectivity index (χ3v) is 6.21. The normalized spacial score (nSPS) is 15.8. The number of nitrogens with one attached hydrogen (secondary N) is 2. The molecule has 42 heavy (non-hydrogen) atoms. The number of hydrogen-bond donors (Lipinski definition) is 2. The Morgan fingerprint density at radius 2 is 1.40 bits per heavy atom. The van der Waals surface area contributed by atoms with E-state index in [-0.39, 0.29) is 32.0 Å². The minimum atomic E-state index is -5.14. The largest absolute Gasteiger partial charge is 0.444 e. The van der Waals surface area contributed by atoms with Crippen molar-refractivity contribution in [1.29, 1.82) is 0 Å². The number of benzene rings is 2. The second-order valence-electron chi connectivity index (χ2n) is 10.7. The highest BCUT2D eigenvalue weighted by atomic mass is 19.4. The zero-order valence-corrected chi connectivity index (χ0v) is 22.8. The molecule has 1 aliphatic heterocycles.